The van der Waals surface area contributed by atoms with Crippen LogP contribution in [0.5, 0.6) is 0 Å². The Hall–Kier alpha value is -0.740. The maximum absolute atomic E-state index is 9.51. The van der Waals surface area contributed by atoms with E-state index in [0.29, 0.717) is 6.42 Å². The van der Waals surface area contributed by atoms with Gasteiger partial charge in [0.2, 0.25) is 0 Å². The lowest BCUT2D eigenvalue weighted by atomic mass is 10.0. The van der Waals surface area contributed by atoms with Gasteiger partial charge in [-0.2, -0.15) is 0 Å². The first-order valence-corrected chi connectivity index (χ1v) is 3.96. The zero-order chi connectivity index (χ0) is 8.74. The minimum atomic E-state index is -0.816. The van der Waals surface area contributed by atoms with Gasteiger partial charge in [0.05, 0.1) is 5.60 Å². The average Bonchev–Trinajstić information content (AvgIpc) is 1.87. The van der Waals surface area contributed by atoms with Gasteiger partial charge in [-0.1, -0.05) is 25.5 Å². The smallest absolute Gasteiger partial charge is 0.0908 e. The number of allylic oxidation sites excluding steroid dienone is 1. The molecule has 0 aromatic carbocycles. The number of rotatable bonds is 4. The number of hydrogen-bond acceptors (Lipinski definition) is 1. The minimum Gasteiger partial charge on any atom is -0.385 e. The highest BCUT2D eigenvalue weighted by atomic mass is 16.3. The molecule has 62 valence electrons. The van der Waals surface area contributed by atoms with Gasteiger partial charge in [0.25, 0.3) is 0 Å². The van der Waals surface area contributed by atoms with Crippen LogP contribution in [0, 0.1) is 12.3 Å². The lowest BCUT2D eigenvalue weighted by molar-refractivity contribution is 0.117. The maximum Gasteiger partial charge on any atom is 0.0908 e. The Morgan fingerprint density at radius 1 is 1.64 bits per heavy atom. The lowest BCUT2D eigenvalue weighted by Crippen LogP contribution is -2.19. The fraction of sp³-hybridized carbons (Fsp3) is 0.600. The molecule has 0 aromatic rings. The second-order valence-electron chi connectivity index (χ2n) is 2.93. The van der Waals surface area contributed by atoms with Gasteiger partial charge < -0.3 is 5.11 Å². The molecule has 1 atom stereocenters. The van der Waals surface area contributed by atoms with Crippen LogP contribution in [-0.2, 0) is 0 Å². The Morgan fingerprint density at radius 3 is 2.73 bits per heavy atom. The summed E-state index contributed by atoms with van der Waals surface area (Å²) in [7, 11) is 0. The van der Waals surface area contributed by atoms with Crippen LogP contribution in [0.4, 0.5) is 0 Å². The standard InChI is InChI=1S/C10H16O/c1-4-6-7-9-10(3,11)8-5-2/h2,7,9,11H,4,6,8H2,1,3H3/b9-7+/t10-/m1/s1. The van der Waals surface area contributed by atoms with Crippen molar-refractivity contribution in [2.75, 3.05) is 0 Å². The molecule has 0 aliphatic heterocycles. The number of aliphatic hydroxyl groups is 1. The van der Waals surface area contributed by atoms with Crippen molar-refractivity contribution in [2.45, 2.75) is 38.7 Å². The molecule has 0 fully saturated rings. The van der Waals surface area contributed by atoms with E-state index in [1.54, 1.807) is 13.0 Å². The van der Waals surface area contributed by atoms with E-state index < -0.39 is 5.60 Å². The van der Waals surface area contributed by atoms with Crippen LogP contribution in [0.1, 0.15) is 33.1 Å². The molecule has 1 nitrogen and oxygen atoms in total. The van der Waals surface area contributed by atoms with Crippen molar-refractivity contribution >= 4 is 0 Å². The van der Waals surface area contributed by atoms with Crippen LogP contribution in [0.2, 0.25) is 0 Å². The molecule has 0 rings (SSSR count). The van der Waals surface area contributed by atoms with Gasteiger partial charge >= 0.3 is 0 Å². The van der Waals surface area contributed by atoms with E-state index in [1.807, 2.05) is 6.08 Å². The summed E-state index contributed by atoms with van der Waals surface area (Å²) >= 11 is 0. The number of hydrogen-bond donors (Lipinski definition) is 1. The highest BCUT2D eigenvalue weighted by Crippen LogP contribution is 2.10. The first-order chi connectivity index (χ1) is 5.12. The molecule has 0 spiro atoms. The van der Waals surface area contributed by atoms with Gasteiger partial charge in [0.15, 0.2) is 0 Å². The molecular formula is C10H16O. The maximum atomic E-state index is 9.51. The van der Waals surface area contributed by atoms with Gasteiger partial charge in [-0.25, -0.2) is 0 Å². The third-order valence-electron chi connectivity index (χ3n) is 1.39. The summed E-state index contributed by atoms with van der Waals surface area (Å²) in [5.41, 5.74) is -0.816. The van der Waals surface area contributed by atoms with Gasteiger partial charge in [-0.05, 0) is 13.3 Å². The number of terminal acetylenes is 1. The summed E-state index contributed by atoms with van der Waals surface area (Å²) < 4.78 is 0. The SMILES string of the molecule is C#CC[C@@](C)(O)/C=C/CCC. The summed E-state index contributed by atoms with van der Waals surface area (Å²) in [6, 6.07) is 0. The molecule has 1 N–H and O–H groups in total. The van der Waals surface area contributed by atoms with Crippen molar-refractivity contribution in [3.05, 3.63) is 12.2 Å². The van der Waals surface area contributed by atoms with Gasteiger partial charge in [-0.3, -0.25) is 0 Å². The van der Waals surface area contributed by atoms with E-state index in [0.717, 1.165) is 12.8 Å². The summed E-state index contributed by atoms with van der Waals surface area (Å²) in [5, 5.41) is 9.51. The Kier molecular flexibility index (Phi) is 4.65. The molecule has 0 heterocycles. The van der Waals surface area contributed by atoms with Crippen LogP contribution in [0.15, 0.2) is 12.2 Å². The van der Waals surface area contributed by atoms with Crippen molar-refractivity contribution in [1.82, 2.24) is 0 Å². The van der Waals surface area contributed by atoms with E-state index in [4.69, 9.17) is 6.42 Å². The van der Waals surface area contributed by atoms with Crippen LogP contribution in [-0.4, -0.2) is 10.7 Å². The van der Waals surface area contributed by atoms with E-state index in [1.165, 1.54) is 0 Å². The van der Waals surface area contributed by atoms with Crippen LogP contribution in [0.3, 0.4) is 0 Å². The Balaban J connectivity index is 3.81. The van der Waals surface area contributed by atoms with Gasteiger partial charge in [-0.15, -0.1) is 12.3 Å². The highest BCUT2D eigenvalue weighted by molar-refractivity contribution is 5.05. The van der Waals surface area contributed by atoms with Crippen molar-refractivity contribution in [3.63, 3.8) is 0 Å². The molecule has 0 aromatic heterocycles. The topological polar surface area (TPSA) is 20.2 Å². The number of unbranched alkanes of at least 4 members (excludes halogenated alkanes) is 1. The molecular weight excluding hydrogens is 136 g/mol. The zero-order valence-corrected chi connectivity index (χ0v) is 7.30. The largest absolute Gasteiger partial charge is 0.385 e. The predicted molar refractivity (Wildman–Crippen MR) is 48.1 cm³/mol. The summed E-state index contributed by atoms with van der Waals surface area (Å²) in [6.45, 7) is 3.82. The zero-order valence-electron chi connectivity index (χ0n) is 7.30. The molecule has 11 heavy (non-hydrogen) atoms. The monoisotopic (exact) mass is 152 g/mol. The lowest BCUT2D eigenvalue weighted by Gasteiger charge is -2.14. The predicted octanol–water partition coefficient (Wildman–Crippen LogP) is 2.12. The first kappa shape index (κ1) is 10.3. The molecule has 1 heteroatoms. The third-order valence-corrected chi connectivity index (χ3v) is 1.39. The highest BCUT2D eigenvalue weighted by Gasteiger charge is 2.12. The quantitative estimate of drug-likeness (QED) is 0.483. The van der Waals surface area contributed by atoms with Crippen molar-refractivity contribution in [3.8, 4) is 12.3 Å². The fourth-order valence-electron chi connectivity index (χ4n) is 0.769. The Bertz CT molecular complexity index is 160. The van der Waals surface area contributed by atoms with Crippen molar-refractivity contribution in [2.24, 2.45) is 0 Å². The van der Waals surface area contributed by atoms with Crippen molar-refractivity contribution < 1.29 is 5.11 Å². The molecule has 0 saturated carbocycles. The van der Waals surface area contributed by atoms with Crippen LogP contribution >= 0.6 is 0 Å². The molecule has 0 bridgehead atoms. The summed E-state index contributed by atoms with van der Waals surface area (Å²) in [4.78, 5) is 0. The normalized spacial score (nSPS) is 16.2. The van der Waals surface area contributed by atoms with Crippen molar-refractivity contribution in [1.29, 1.82) is 0 Å². The van der Waals surface area contributed by atoms with E-state index >= 15 is 0 Å². The van der Waals surface area contributed by atoms with Gasteiger partial charge in [0.1, 0.15) is 0 Å². The fourth-order valence-corrected chi connectivity index (χ4v) is 0.769. The molecule has 0 unspecified atom stereocenters. The van der Waals surface area contributed by atoms with E-state index in [9.17, 15) is 5.11 Å². The molecule has 0 aliphatic carbocycles. The second kappa shape index (κ2) is 4.98. The second-order valence-corrected chi connectivity index (χ2v) is 2.93. The van der Waals surface area contributed by atoms with Gasteiger partial charge in [0, 0.05) is 6.42 Å². The molecule has 0 radical (unpaired) electrons. The third kappa shape index (κ3) is 5.69. The summed E-state index contributed by atoms with van der Waals surface area (Å²) in [5.74, 6) is 2.43. The van der Waals surface area contributed by atoms with Crippen LogP contribution < -0.4 is 0 Å². The molecule has 0 aliphatic rings. The minimum absolute atomic E-state index is 0.382. The first-order valence-electron chi connectivity index (χ1n) is 3.96. The van der Waals surface area contributed by atoms with E-state index in [2.05, 4.69) is 12.8 Å². The van der Waals surface area contributed by atoms with Crippen LogP contribution in [0.25, 0.3) is 0 Å². The summed E-state index contributed by atoms with van der Waals surface area (Å²) in [6.07, 6.45) is 11.3. The Labute approximate surface area is 69.1 Å². The van der Waals surface area contributed by atoms with E-state index in [-0.39, 0.29) is 0 Å². The Morgan fingerprint density at radius 2 is 2.27 bits per heavy atom. The molecule has 0 amide bonds. The average molecular weight is 152 g/mol. The molecule has 0 saturated heterocycles.